The van der Waals surface area contributed by atoms with Gasteiger partial charge in [0.2, 0.25) is 11.8 Å². The highest BCUT2D eigenvalue weighted by Gasteiger charge is 2.36. The first-order valence-electron chi connectivity index (χ1n) is 7.96. The smallest absolute Gasteiger partial charge is 0.243 e. The predicted octanol–water partition coefficient (Wildman–Crippen LogP) is 3.46. The Labute approximate surface area is 146 Å². The van der Waals surface area contributed by atoms with Crippen molar-refractivity contribution in [3.05, 3.63) is 64.7 Å². The Kier molecular flexibility index (Phi) is 4.86. The van der Waals surface area contributed by atoms with Crippen LogP contribution in [-0.4, -0.2) is 17.9 Å². The highest BCUT2D eigenvalue weighted by atomic mass is 35.5. The van der Waals surface area contributed by atoms with E-state index < -0.39 is 6.04 Å². The monoisotopic (exact) mass is 342 g/mol. The van der Waals surface area contributed by atoms with E-state index in [1.165, 1.54) is 0 Å². The summed E-state index contributed by atoms with van der Waals surface area (Å²) < 4.78 is 0. The number of aryl methyl sites for hydroxylation is 1. The molecule has 1 aliphatic heterocycles. The van der Waals surface area contributed by atoms with E-state index in [1.807, 2.05) is 49.4 Å². The van der Waals surface area contributed by atoms with Crippen LogP contribution in [0.1, 0.15) is 24.0 Å². The second-order valence-electron chi connectivity index (χ2n) is 5.96. The first kappa shape index (κ1) is 16.5. The van der Waals surface area contributed by atoms with E-state index in [1.54, 1.807) is 11.0 Å². The molecule has 0 bridgehead atoms. The molecule has 4 nitrogen and oxygen atoms in total. The molecule has 2 amide bonds. The van der Waals surface area contributed by atoms with Crippen molar-refractivity contribution in [3.8, 4) is 0 Å². The quantitative estimate of drug-likeness (QED) is 0.925. The molecule has 1 N–H and O–H groups in total. The third-order valence-electron chi connectivity index (χ3n) is 4.24. The number of amides is 2. The molecule has 1 saturated heterocycles. The fourth-order valence-corrected chi connectivity index (χ4v) is 3.11. The lowest BCUT2D eigenvalue weighted by atomic mass is 10.1. The third-order valence-corrected chi connectivity index (χ3v) is 4.61. The molecule has 1 heterocycles. The van der Waals surface area contributed by atoms with Gasteiger partial charge in [-0.3, -0.25) is 14.5 Å². The molecule has 0 radical (unpaired) electrons. The van der Waals surface area contributed by atoms with Crippen molar-refractivity contribution in [1.29, 1.82) is 0 Å². The number of anilines is 1. The number of benzene rings is 2. The second-order valence-corrected chi connectivity index (χ2v) is 6.37. The minimum Gasteiger partial charge on any atom is -0.350 e. The van der Waals surface area contributed by atoms with Gasteiger partial charge < -0.3 is 5.32 Å². The van der Waals surface area contributed by atoms with Crippen LogP contribution in [-0.2, 0) is 16.1 Å². The fourth-order valence-electron chi connectivity index (χ4n) is 2.90. The van der Waals surface area contributed by atoms with E-state index in [2.05, 4.69) is 5.32 Å². The van der Waals surface area contributed by atoms with E-state index in [0.717, 1.165) is 16.8 Å². The number of carbonyl (C=O) groups is 2. The summed E-state index contributed by atoms with van der Waals surface area (Å²) >= 11 is 6.11. The Hall–Kier alpha value is -2.33. The average molecular weight is 343 g/mol. The molecule has 0 saturated carbocycles. The maximum absolute atomic E-state index is 12.6. The van der Waals surface area contributed by atoms with E-state index in [0.29, 0.717) is 24.4 Å². The molecule has 1 unspecified atom stereocenters. The normalized spacial score (nSPS) is 17.2. The topological polar surface area (TPSA) is 49.4 Å². The molecule has 2 aromatic carbocycles. The second kappa shape index (κ2) is 7.05. The van der Waals surface area contributed by atoms with Crippen LogP contribution in [0.3, 0.4) is 0 Å². The SMILES string of the molecule is Cc1ccc(N2C(=O)CCC2C(=O)NCc2ccccc2Cl)cc1. The van der Waals surface area contributed by atoms with Gasteiger partial charge in [0.15, 0.2) is 0 Å². The Morgan fingerprint density at radius 2 is 1.92 bits per heavy atom. The fraction of sp³-hybridized carbons (Fsp3) is 0.263. The van der Waals surface area contributed by atoms with Crippen LogP contribution in [0, 0.1) is 6.92 Å². The Bertz CT molecular complexity index is 758. The van der Waals surface area contributed by atoms with Gasteiger partial charge in [-0.25, -0.2) is 0 Å². The summed E-state index contributed by atoms with van der Waals surface area (Å²) in [7, 11) is 0. The first-order valence-corrected chi connectivity index (χ1v) is 8.34. The minimum absolute atomic E-state index is 0.0169. The molecule has 1 fully saturated rings. The lowest BCUT2D eigenvalue weighted by molar-refractivity contribution is -0.124. The van der Waals surface area contributed by atoms with Crippen molar-refractivity contribution in [1.82, 2.24) is 5.32 Å². The highest BCUT2D eigenvalue weighted by molar-refractivity contribution is 6.31. The van der Waals surface area contributed by atoms with Crippen molar-refractivity contribution < 1.29 is 9.59 Å². The van der Waals surface area contributed by atoms with Crippen LogP contribution in [0.15, 0.2) is 48.5 Å². The largest absolute Gasteiger partial charge is 0.350 e. The van der Waals surface area contributed by atoms with Gasteiger partial charge in [0.25, 0.3) is 0 Å². The maximum atomic E-state index is 12.6. The van der Waals surface area contributed by atoms with E-state index in [4.69, 9.17) is 11.6 Å². The van der Waals surface area contributed by atoms with Gasteiger partial charge in [-0.1, -0.05) is 47.5 Å². The molecule has 2 aromatic rings. The zero-order valence-corrected chi connectivity index (χ0v) is 14.2. The average Bonchev–Trinajstić information content (AvgIpc) is 2.96. The molecular formula is C19H19ClN2O2. The molecule has 0 spiro atoms. The summed E-state index contributed by atoms with van der Waals surface area (Å²) in [5.41, 5.74) is 2.74. The van der Waals surface area contributed by atoms with Crippen LogP contribution in [0.5, 0.6) is 0 Å². The number of hydrogen-bond acceptors (Lipinski definition) is 2. The Morgan fingerprint density at radius 1 is 1.21 bits per heavy atom. The number of nitrogens with one attached hydrogen (secondary N) is 1. The number of rotatable bonds is 4. The van der Waals surface area contributed by atoms with Crippen LogP contribution < -0.4 is 10.2 Å². The van der Waals surface area contributed by atoms with Gasteiger partial charge in [-0.2, -0.15) is 0 Å². The summed E-state index contributed by atoms with van der Waals surface area (Å²) in [6.45, 7) is 2.34. The molecule has 1 aliphatic rings. The molecule has 1 atom stereocenters. The van der Waals surface area contributed by atoms with Crippen molar-refractivity contribution >= 4 is 29.1 Å². The van der Waals surface area contributed by atoms with Gasteiger partial charge in [0.1, 0.15) is 6.04 Å². The van der Waals surface area contributed by atoms with E-state index in [9.17, 15) is 9.59 Å². The van der Waals surface area contributed by atoms with Gasteiger partial charge in [-0.15, -0.1) is 0 Å². The molecular weight excluding hydrogens is 324 g/mol. The highest BCUT2D eigenvalue weighted by Crippen LogP contribution is 2.27. The van der Waals surface area contributed by atoms with Crippen molar-refractivity contribution in [3.63, 3.8) is 0 Å². The Morgan fingerprint density at radius 3 is 2.62 bits per heavy atom. The lowest BCUT2D eigenvalue weighted by Crippen LogP contribution is -2.44. The molecule has 124 valence electrons. The van der Waals surface area contributed by atoms with Gasteiger partial charge in [-0.05, 0) is 37.1 Å². The van der Waals surface area contributed by atoms with Gasteiger partial charge >= 0.3 is 0 Å². The van der Waals surface area contributed by atoms with Crippen LogP contribution in [0.25, 0.3) is 0 Å². The van der Waals surface area contributed by atoms with Crippen molar-refractivity contribution in [2.75, 3.05) is 4.90 Å². The number of halogens is 1. The predicted molar refractivity (Wildman–Crippen MR) is 95.0 cm³/mol. The standard InChI is InChI=1S/C19H19ClN2O2/c1-13-6-8-15(9-7-13)22-17(10-11-18(22)23)19(24)21-12-14-4-2-3-5-16(14)20/h2-9,17H,10-12H2,1H3,(H,21,24). The van der Waals surface area contributed by atoms with Crippen LogP contribution >= 0.6 is 11.6 Å². The number of hydrogen-bond donors (Lipinski definition) is 1. The van der Waals surface area contributed by atoms with Gasteiger partial charge in [0.05, 0.1) is 0 Å². The molecule has 3 rings (SSSR count). The van der Waals surface area contributed by atoms with E-state index >= 15 is 0 Å². The molecule has 24 heavy (non-hydrogen) atoms. The first-order chi connectivity index (χ1) is 11.6. The zero-order valence-electron chi connectivity index (χ0n) is 13.5. The molecule has 0 aromatic heterocycles. The summed E-state index contributed by atoms with van der Waals surface area (Å²) in [5, 5.41) is 3.52. The summed E-state index contributed by atoms with van der Waals surface area (Å²) in [4.78, 5) is 26.4. The molecule has 0 aliphatic carbocycles. The molecule has 5 heteroatoms. The third kappa shape index (κ3) is 3.44. The zero-order chi connectivity index (χ0) is 17.1. The minimum atomic E-state index is -0.470. The van der Waals surface area contributed by atoms with Crippen molar-refractivity contribution in [2.24, 2.45) is 0 Å². The van der Waals surface area contributed by atoms with Crippen LogP contribution in [0.2, 0.25) is 5.02 Å². The summed E-state index contributed by atoms with van der Waals surface area (Å²) in [5.74, 6) is -0.168. The van der Waals surface area contributed by atoms with Crippen LogP contribution in [0.4, 0.5) is 5.69 Å². The van der Waals surface area contributed by atoms with Crippen molar-refractivity contribution in [2.45, 2.75) is 32.4 Å². The summed E-state index contributed by atoms with van der Waals surface area (Å²) in [6.07, 6.45) is 0.916. The Balaban J connectivity index is 1.72. The van der Waals surface area contributed by atoms with Gasteiger partial charge in [0, 0.05) is 23.7 Å². The summed E-state index contributed by atoms with van der Waals surface area (Å²) in [6, 6.07) is 14.6. The van der Waals surface area contributed by atoms with E-state index in [-0.39, 0.29) is 11.8 Å². The maximum Gasteiger partial charge on any atom is 0.243 e. The number of nitrogens with zero attached hydrogens (tertiary/aromatic N) is 1. The number of carbonyl (C=O) groups excluding carboxylic acids is 2. The lowest BCUT2D eigenvalue weighted by Gasteiger charge is -2.24.